The summed E-state index contributed by atoms with van der Waals surface area (Å²) in [6, 6.07) is -0.492. The number of oxime groups is 1. The van der Waals surface area contributed by atoms with E-state index in [0.717, 1.165) is 4.90 Å². The fraction of sp³-hybridized carbons (Fsp3) is 0.583. The molecule has 0 saturated carbocycles. The summed E-state index contributed by atoms with van der Waals surface area (Å²) in [5.41, 5.74) is 6.76. The zero-order chi connectivity index (χ0) is 16.4. The van der Waals surface area contributed by atoms with Crippen molar-refractivity contribution in [3.8, 4) is 0 Å². The molecule has 0 aliphatic carbocycles. The smallest absolute Gasteiger partial charge is 0.405 e. The number of nitrogens with two attached hydrogens (primary N) is 1. The van der Waals surface area contributed by atoms with E-state index in [4.69, 9.17) is 10.9 Å². The third-order valence-electron chi connectivity index (χ3n) is 3.04. The molecule has 118 valence electrons. The third-order valence-corrected chi connectivity index (χ3v) is 3.04. The SMILES string of the molecule is Cc1nnc(N(CC(F)(F)F)C(C)C)c(C(N)=NO)c1C. The van der Waals surface area contributed by atoms with E-state index in [2.05, 4.69) is 15.4 Å². The van der Waals surface area contributed by atoms with Crippen molar-refractivity contribution in [2.75, 3.05) is 11.4 Å². The molecule has 0 aliphatic rings. The van der Waals surface area contributed by atoms with Crippen LogP contribution >= 0.6 is 0 Å². The predicted molar refractivity (Wildman–Crippen MR) is 72.6 cm³/mol. The van der Waals surface area contributed by atoms with Gasteiger partial charge in [-0.3, -0.25) is 0 Å². The number of alkyl halides is 3. The Balaban J connectivity index is 3.48. The highest BCUT2D eigenvalue weighted by atomic mass is 19.4. The molecule has 0 fully saturated rings. The fourth-order valence-electron chi connectivity index (χ4n) is 1.85. The number of rotatable bonds is 4. The molecule has 9 heteroatoms. The maximum Gasteiger partial charge on any atom is 0.405 e. The Morgan fingerprint density at radius 3 is 2.33 bits per heavy atom. The summed E-state index contributed by atoms with van der Waals surface area (Å²) in [5, 5.41) is 19.4. The summed E-state index contributed by atoms with van der Waals surface area (Å²) < 4.78 is 38.2. The van der Waals surface area contributed by atoms with Gasteiger partial charge in [0.15, 0.2) is 11.7 Å². The summed E-state index contributed by atoms with van der Waals surface area (Å²) in [7, 11) is 0. The molecule has 6 nitrogen and oxygen atoms in total. The van der Waals surface area contributed by atoms with E-state index in [0.29, 0.717) is 11.3 Å². The van der Waals surface area contributed by atoms with Crippen LogP contribution in [0.1, 0.15) is 30.7 Å². The van der Waals surface area contributed by atoms with Gasteiger partial charge in [-0.1, -0.05) is 5.16 Å². The monoisotopic (exact) mass is 305 g/mol. The molecule has 0 amide bonds. The molecular weight excluding hydrogens is 287 g/mol. The molecule has 0 aliphatic heterocycles. The molecule has 0 radical (unpaired) electrons. The highest BCUT2D eigenvalue weighted by Gasteiger charge is 2.34. The van der Waals surface area contributed by atoms with Crippen molar-refractivity contribution in [3.05, 3.63) is 16.8 Å². The molecule has 3 N–H and O–H groups in total. The standard InChI is InChI=1S/C12H18F3N5O/c1-6(2)20(5-12(13,14)15)11-9(10(16)19-21)7(3)8(4)17-18-11/h6,21H,5H2,1-4H3,(H2,16,19). The van der Waals surface area contributed by atoms with Crippen molar-refractivity contribution >= 4 is 11.7 Å². The van der Waals surface area contributed by atoms with Gasteiger partial charge in [0.1, 0.15) is 6.54 Å². The third kappa shape index (κ3) is 3.96. The second-order valence-corrected chi connectivity index (χ2v) is 4.93. The summed E-state index contributed by atoms with van der Waals surface area (Å²) in [6.07, 6.45) is -4.41. The number of hydrogen-bond acceptors (Lipinski definition) is 5. The highest BCUT2D eigenvalue weighted by molar-refractivity contribution is 6.02. The lowest BCUT2D eigenvalue weighted by Gasteiger charge is -2.30. The number of hydrogen-bond donors (Lipinski definition) is 2. The van der Waals surface area contributed by atoms with Crippen molar-refractivity contribution in [3.63, 3.8) is 0 Å². The lowest BCUT2D eigenvalue weighted by Crippen LogP contribution is -2.41. The normalized spacial score (nSPS) is 12.9. The molecule has 0 unspecified atom stereocenters. The van der Waals surface area contributed by atoms with Crippen LogP contribution in [-0.2, 0) is 0 Å². The van der Waals surface area contributed by atoms with E-state index in [1.165, 1.54) is 0 Å². The number of nitrogens with zero attached hydrogens (tertiary/aromatic N) is 4. The van der Waals surface area contributed by atoms with E-state index in [1.54, 1.807) is 27.7 Å². The lowest BCUT2D eigenvalue weighted by molar-refractivity contribution is -0.120. The van der Waals surface area contributed by atoms with Crippen LogP contribution in [0.4, 0.5) is 19.0 Å². The first-order valence-electron chi connectivity index (χ1n) is 6.23. The number of amidine groups is 1. The van der Waals surface area contributed by atoms with Crippen LogP contribution in [0.15, 0.2) is 5.16 Å². The molecule has 0 spiro atoms. The van der Waals surface area contributed by atoms with Gasteiger partial charge < -0.3 is 15.8 Å². The maximum atomic E-state index is 12.7. The van der Waals surface area contributed by atoms with Crippen LogP contribution in [0.25, 0.3) is 0 Å². The minimum atomic E-state index is -4.41. The Kier molecular flexibility index (Phi) is 4.97. The molecular formula is C12H18F3N5O. The second kappa shape index (κ2) is 6.15. The zero-order valence-corrected chi connectivity index (χ0v) is 12.2. The maximum absolute atomic E-state index is 12.7. The summed E-state index contributed by atoms with van der Waals surface area (Å²) >= 11 is 0. The van der Waals surface area contributed by atoms with E-state index in [9.17, 15) is 13.2 Å². The van der Waals surface area contributed by atoms with Gasteiger partial charge in [-0.25, -0.2) is 0 Å². The Labute approximate surface area is 120 Å². The van der Waals surface area contributed by atoms with Gasteiger partial charge in [-0.15, -0.1) is 5.10 Å². The van der Waals surface area contributed by atoms with E-state index < -0.39 is 18.8 Å². The Morgan fingerprint density at radius 1 is 1.33 bits per heavy atom. The molecule has 0 aromatic carbocycles. The van der Waals surface area contributed by atoms with Crippen molar-refractivity contribution in [2.24, 2.45) is 10.9 Å². The first-order valence-corrected chi connectivity index (χ1v) is 6.23. The number of aromatic nitrogens is 2. The van der Waals surface area contributed by atoms with E-state index >= 15 is 0 Å². The van der Waals surface area contributed by atoms with Gasteiger partial charge in [0.05, 0.1) is 11.3 Å². The Bertz CT molecular complexity index is 542. The number of anilines is 1. The lowest BCUT2D eigenvalue weighted by atomic mass is 10.1. The largest absolute Gasteiger partial charge is 0.409 e. The highest BCUT2D eigenvalue weighted by Crippen LogP contribution is 2.27. The minimum Gasteiger partial charge on any atom is -0.409 e. The van der Waals surface area contributed by atoms with Gasteiger partial charge in [0, 0.05) is 6.04 Å². The van der Waals surface area contributed by atoms with Crippen LogP contribution in [0.3, 0.4) is 0 Å². The Morgan fingerprint density at radius 2 is 1.90 bits per heavy atom. The van der Waals surface area contributed by atoms with Crippen LogP contribution in [0, 0.1) is 13.8 Å². The summed E-state index contributed by atoms with van der Waals surface area (Å²) in [6.45, 7) is 5.27. The van der Waals surface area contributed by atoms with Crippen LogP contribution in [0.5, 0.6) is 0 Å². The van der Waals surface area contributed by atoms with Gasteiger partial charge >= 0.3 is 6.18 Å². The van der Waals surface area contributed by atoms with Gasteiger partial charge in [0.2, 0.25) is 0 Å². The first-order chi connectivity index (χ1) is 9.58. The molecule has 0 bridgehead atoms. The average Bonchev–Trinajstić information content (AvgIpc) is 2.37. The van der Waals surface area contributed by atoms with Crippen molar-refractivity contribution in [1.29, 1.82) is 0 Å². The fourth-order valence-corrected chi connectivity index (χ4v) is 1.85. The number of aryl methyl sites for hydroxylation is 1. The van der Waals surface area contributed by atoms with Crippen molar-refractivity contribution in [1.82, 2.24) is 10.2 Å². The van der Waals surface area contributed by atoms with Gasteiger partial charge in [-0.2, -0.15) is 18.3 Å². The van der Waals surface area contributed by atoms with Crippen molar-refractivity contribution in [2.45, 2.75) is 39.9 Å². The minimum absolute atomic E-state index is 0.0549. The summed E-state index contributed by atoms with van der Waals surface area (Å²) in [5.74, 6) is -0.353. The van der Waals surface area contributed by atoms with Crippen LogP contribution in [-0.4, -0.2) is 40.0 Å². The summed E-state index contributed by atoms with van der Waals surface area (Å²) in [4.78, 5) is 1.02. The van der Waals surface area contributed by atoms with E-state index in [1.807, 2.05) is 0 Å². The molecule has 1 aromatic rings. The molecule has 21 heavy (non-hydrogen) atoms. The molecule has 0 saturated heterocycles. The van der Waals surface area contributed by atoms with Gasteiger partial charge in [-0.05, 0) is 33.3 Å². The molecule has 1 aromatic heterocycles. The zero-order valence-electron chi connectivity index (χ0n) is 12.2. The Hall–Kier alpha value is -2.06. The average molecular weight is 305 g/mol. The topological polar surface area (TPSA) is 87.6 Å². The molecule has 1 rings (SSSR count). The first kappa shape index (κ1) is 17.0. The molecule has 1 heterocycles. The quantitative estimate of drug-likeness (QED) is 0.384. The number of halogens is 3. The van der Waals surface area contributed by atoms with Crippen LogP contribution < -0.4 is 10.6 Å². The second-order valence-electron chi connectivity index (χ2n) is 4.93. The van der Waals surface area contributed by atoms with Crippen LogP contribution in [0.2, 0.25) is 0 Å². The van der Waals surface area contributed by atoms with E-state index in [-0.39, 0.29) is 17.2 Å². The van der Waals surface area contributed by atoms with Gasteiger partial charge in [0.25, 0.3) is 0 Å². The predicted octanol–water partition coefficient (Wildman–Crippen LogP) is 1.97. The van der Waals surface area contributed by atoms with Crippen molar-refractivity contribution < 1.29 is 18.4 Å². The molecule has 0 atom stereocenters.